The number of nitrogens with zero attached hydrogens (tertiary/aromatic N) is 2. The minimum Gasteiger partial charge on any atom is -0.354 e. The molecule has 0 saturated carbocycles. The quantitative estimate of drug-likeness (QED) is 0.902. The SMILES string of the molecule is O=c1[nH]c(CNc2nnc(C(F)(F)F)s2)cs1. The summed E-state index contributed by atoms with van der Waals surface area (Å²) in [6.45, 7) is 0.200. The van der Waals surface area contributed by atoms with Crippen molar-refractivity contribution in [2.75, 3.05) is 5.32 Å². The number of anilines is 1. The van der Waals surface area contributed by atoms with Gasteiger partial charge in [0, 0.05) is 11.1 Å². The first kappa shape index (κ1) is 12.0. The van der Waals surface area contributed by atoms with Crippen LogP contribution in [-0.2, 0) is 12.7 Å². The number of hydrogen-bond acceptors (Lipinski definition) is 6. The summed E-state index contributed by atoms with van der Waals surface area (Å²) in [4.78, 5) is 13.1. The summed E-state index contributed by atoms with van der Waals surface area (Å²) < 4.78 is 36.6. The van der Waals surface area contributed by atoms with Crippen LogP contribution in [0.2, 0.25) is 0 Å². The van der Waals surface area contributed by atoms with Crippen LogP contribution in [0.15, 0.2) is 10.2 Å². The molecule has 0 aliphatic carbocycles. The summed E-state index contributed by atoms with van der Waals surface area (Å²) in [6, 6.07) is 0. The molecule has 0 aliphatic rings. The van der Waals surface area contributed by atoms with E-state index in [4.69, 9.17) is 0 Å². The molecule has 0 atom stereocenters. The summed E-state index contributed by atoms with van der Waals surface area (Å²) in [7, 11) is 0. The highest BCUT2D eigenvalue weighted by atomic mass is 32.1. The maximum atomic E-state index is 12.2. The molecule has 0 fully saturated rings. The first-order valence-electron chi connectivity index (χ1n) is 4.26. The molecule has 2 aromatic heterocycles. The van der Waals surface area contributed by atoms with Crippen molar-refractivity contribution in [3.8, 4) is 0 Å². The van der Waals surface area contributed by atoms with Crippen molar-refractivity contribution in [2.45, 2.75) is 12.7 Å². The fraction of sp³-hybridized carbons (Fsp3) is 0.286. The number of hydrogen-bond donors (Lipinski definition) is 2. The van der Waals surface area contributed by atoms with Gasteiger partial charge >= 0.3 is 11.0 Å². The average Bonchev–Trinajstić information content (AvgIpc) is 2.82. The average molecular weight is 282 g/mol. The van der Waals surface area contributed by atoms with E-state index in [1.165, 1.54) is 0 Å². The van der Waals surface area contributed by atoms with Crippen molar-refractivity contribution in [1.82, 2.24) is 15.2 Å². The van der Waals surface area contributed by atoms with Crippen molar-refractivity contribution in [3.05, 3.63) is 25.7 Å². The van der Waals surface area contributed by atoms with E-state index in [-0.39, 0.29) is 16.5 Å². The van der Waals surface area contributed by atoms with Gasteiger partial charge in [0.05, 0.1) is 6.54 Å². The molecule has 2 N–H and O–H groups in total. The third-order valence-electron chi connectivity index (χ3n) is 1.67. The van der Waals surface area contributed by atoms with Gasteiger partial charge in [-0.2, -0.15) is 13.2 Å². The number of H-pyrrole nitrogens is 1. The van der Waals surface area contributed by atoms with E-state index in [1.807, 2.05) is 0 Å². The Morgan fingerprint density at radius 3 is 2.71 bits per heavy atom. The van der Waals surface area contributed by atoms with E-state index in [0.717, 1.165) is 11.3 Å². The molecule has 0 aromatic carbocycles. The summed E-state index contributed by atoms with van der Waals surface area (Å²) in [5.74, 6) is 0. The predicted octanol–water partition coefficient (Wildman–Crippen LogP) is 1.92. The molecular weight excluding hydrogens is 277 g/mol. The molecule has 5 nitrogen and oxygen atoms in total. The van der Waals surface area contributed by atoms with Crippen LogP contribution in [0.5, 0.6) is 0 Å². The van der Waals surface area contributed by atoms with Gasteiger partial charge in [0.25, 0.3) is 0 Å². The van der Waals surface area contributed by atoms with Gasteiger partial charge < -0.3 is 10.3 Å². The number of nitrogens with one attached hydrogen (secondary N) is 2. The largest absolute Gasteiger partial charge is 0.445 e. The van der Waals surface area contributed by atoms with Crippen LogP contribution < -0.4 is 10.2 Å². The van der Waals surface area contributed by atoms with Gasteiger partial charge in [-0.15, -0.1) is 10.2 Å². The number of halogens is 3. The molecule has 2 aromatic rings. The Hall–Kier alpha value is -1.42. The summed E-state index contributed by atoms with van der Waals surface area (Å²) >= 11 is 1.40. The van der Waals surface area contributed by atoms with E-state index in [0.29, 0.717) is 17.0 Å². The number of rotatable bonds is 3. The first-order valence-corrected chi connectivity index (χ1v) is 5.96. The molecule has 17 heavy (non-hydrogen) atoms. The third kappa shape index (κ3) is 3.03. The fourth-order valence-corrected chi connectivity index (χ4v) is 2.17. The van der Waals surface area contributed by atoms with Crippen LogP contribution in [-0.4, -0.2) is 15.2 Å². The molecule has 92 valence electrons. The van der Waals surface area contributed by atoms with Crippen LogP contribution in [0, 0.1) is 0 Å². The second-order valence-corrected chi connectivity index (χ2v) is 4.76. The topological polar surface area (TPSA) is 70.7 Å². The summed E-state index contributed by atoms with van der Waals surface area (Å²) in [5.41, 5.74) is 0.587. The van der Waals surface area contributed by atoms with Gasteiger partial charge in [-0.05, 0) is 0 Å². The first-order chi connectivity index (χ1) is 7.95. The van der Waals surface area contributed by atoms with Crippen LogP contribution in [0.25, 0.3) is 0 Å². The Bertz CT molecular complexity index is 558. The van der Waals surface area contributed by atoms with Gasteiger partial charge in [-0.3, -0.25) is 4.79 Å². The van der Waals surface area contributed by atoms with Gasteiger partial charge in [-0.25, -0.2) is 0 Å². The molecule has 0 radical (unpaired) electrons. The van der Waals surface area contributed by atoms with E-state index < -0.39 is 11.2 Å². The van der Waals surface area contributed by atoms with Crippen molar-refractivity contribution < 1.29 is 13.2 Å². The van der Waals surface area contributed by atoms with Gasteiger partial charge in [0.1, 0.15) is 0 Å². The zero-order valence-electron chi connectivity index (χ0n) is 8.04. The Morgan fingerprint density at radius 1 is 1.41 bits per heavy atom. The molecule has 0 aliphatic heterocycles. The van der Waals surface area contributed by atoms with E-state index in [1.54, 1.807) is 5.38 Å². The van der Waals surface area contributed by atoms with E-state index >= 15 is 0 Å². The van der Waals surface area contributed by atoms with Gasteiger partial charge in [0.2, 0.25) is 10.1 Å². The predicted molar refractivity (Wildman–Crippen MR) is 57.2 cm³/mol. The molecule has 0 bridgehead atoms. The van der Waals surface area contributed by atoms with Gasteiger partial charge in [0.15, 0.2) is 0 Å². The Labute approximate surface area is 100 Å². The van der Waals surface area contributed by atoms with Crippen molar-refractivity contribution in [1.29, 1.82) is 0 Å². The van der Waals surface area contributed by atoms with Crippen LogP contribution in [0.4, 0.5) is 18.3 Å². The minimum atomic E-state index is -4.48. The lowest BCUT2D eigenvalue weighted by Gasteiger charge is -1.99. The highest BCUT2D eigenvalue weighted by molar-refractivity contribution is 7.15. The third-order valence-corrected chi connectivity index (χ3v) is 3.31. The molecule has 0 saturated heterocycles. The normalized spacial score (nSPS) is 11.7. The second kappa shape index (κ2) is 4.45. The van der Waals surface area contributed by atoms with Crippen molar-refractivity contribution in [2.24, 2.45) is 0 Å². The molecular formula is C7H5F3N4OS2. The monoisotopic (exact) mass is 282 g/mol. The summed E-state index contributed by atoms with van der Waals surface area (Å²) in [5, 5.41) is 9.66. The molecule has 0 unspecified atom stereocenters. The maximum absolute atomic E-state index is 12.2. The maximum Gasteiger partial charge on any atom is 0.445 e. The summed E-state index contributed by atoms with van der Waals surface area (Å²) in [6.07, 6.45) is -4.48. The van der Waals surface area contributed by atoms with Crippen LogP contribution in [0.1, 0.15) is 10.7 Å². The highest BCUT2D eigenvalue weighted by Crippen LogP contribution is 2.32. The smallest absolute Gasteiger partial charge is 0.354 e. The van der Waals surface area contributed by atoms with Crippen LogP contribution >= 0.6 is 22.7 Å². The van der Waals surface area contributed by atoms with E-state index in [9.17, 15) is 18.0 Å². The van der Waals surface area contributed by atoms with Gasteiger partial charge in [-0.1, -0.05) is 22.7 Å². The number of thiazole rings is 1. The molecule has 0 spiro atoms. The molecule has 0 amide bonds. The highest BCUT2D eigenvalue weighted by Gasteiger charge is 2.35. The molecule has 2 rings (SSSR count). The lowest BCUT2D eigenvalue weighted by Crippen LogP contribution is -2.03. The number of alkyl halides is 3. The standard InChI is InChI=1S/C7H5F3N4OS2/c8-7(9,10)4-13-14-5(17-4)11-1-3-2-16-6(15)12-3/h2H,1H2,(H,11,14)(H,12,15). The Balaban J connectivity index is 2.00. The zero-order chi connectivity index (χ0) is 12.5. The second-order valence-electron chi connectivity index (χ2n) is 2.94. The number of aromatic amines is 1. The Morgan fingerprint density at radius 2 is 2.18 bits per heavy atom. The number of aromatic nitrogens is 3. The molecule has 2 heterocycles. The van der Waals surface area contributed by atoms with Crippen molar-refractivity contribution >= 4 is 27.8 Å². The van der Waals surface area contributed by atoms with Crippen LogP contribution in [0.3, 0.4) is 0 Å². The molecule has 10 heteroatoms. The fourth-order valence-electron chi connectivity index (χ4n) is 0.981. The van der Waals surface area contributed by atoms with Crippen molar-refractivity contribution in [3.63, 3.8) is 0 Å². The lowest BCUT2D eigenvalue weighted by molar-refractivity contribution is -0.138. The van der Waals surface area contributed by atoms with E-state index in [2.05, 4.69) is 20.5 Å². The minimum absolute atomic E-state index is 0.0596. The lowest BCUT2D eigenvalue weighted by atomic mass is 10.5. The zero-order valence-corrected chi connectivity index (χ0v) is 9.67. The Kier molecular flexibility index (Phi) is 3.15.